The number of nitrogens with zero attached hydrogens (tertiary/aromatic N) is 4. The molecule has 1 saturated heterocycles. The summed E-state index contributed by atoms with van der Waals surface area (Å²) in [6, 6.07) is 7.99. The maximum Gasteiger partial charge on any atom is 0.253 e. The second kappa shape index (κ2) is 9.87. The van der Waals surface area contributed by atoms with Gasteiger partial charge in [0.15, 0.2) is 0 Å². The third-order valence-corrected chi connectivity index (χ3v) is 7.52. The van der Waals surface area contributed by atoms with Gasteiger partial charge in [-0.15, -0.1) is 0 Å². The second-order valence-electron chi connectivity index (χ2n) is 8.52. The molecule has 1 aliphatic heterocycles. The van der Waals surface area contributed by atoms with Crippen LogP contribution < -0.4 is 0 Å². The highest BCUT2D eigenvalue weighted by atomic mass is 127. The summed E-state index contributed by atoms with van der Waals surface area (Å²) in [4.78, 5) is 32.9. The van der Waals surface area contributed by atoms with E-state index in [1.807, 2.05) is 23.2 Å². The van der Waals surface area contributed by atoms with E-state index < -0.39 is 0 Å². The largest absolute Gasteiger partial charge is 0.374 e. The maximum atomic E-state index is 12.5. The zero-order valence-electron chi connectivity index (χ0n) is 19.1. The molecule has 1 aromatic carbocycles. The summed E-state index contributed by atoms with van der Waals surface area (Å²) in [5.41, 5.74) is 5.62. The lowest BCUT2D eigenvalue weighted by molar-refractivity contribution is -0.136. The first-order chi connectivity index (χ1) is 15.7. The number of rotatable bonds is 4. The van der Waals surface area contributed by atoms with Crippen LogP contribution in [0.3, 0.4) is 0 Å². The monoisotopic (exact) mass is 672 g/mol. The van der Waals surface area contributed by atoms with E-state index in [2.05, 4.69) is 68.6 Å². The zero-order chi connectivity index (χ0) is 23.9. The Balaban J connectivity index is 1.81. The highest BCUT2D eigenvalue weighted by molar-refractivity contribution is 14.1. The van der Waals surface area contributed by atoms with Gasteiger partial charge in [0.25, 0.3) is 5.91 Å². The topological polar surface area (TPSA) is 67.2 Å². The van der Waals surface area contributed by atoms with Gasteiger partial charge in [-0.2, -0.15) is 0 Å². The fourth-order valence-electron chi connectivity index (χ4n) is 4.12. The molecule has 33 heavy (non-hydrogen) atoms. The van der Waals surface area contributed by atoms with E-state index >= 15 is 0 Å². The van der Waals surface area contributed by atoms with Gasteiger partial charge < -0.3 is 18.9 Å². The molecule has 0 saturated carbocycles. The average Bonchev–Trinajstić information content (AvgIpc) is 3.09. The Morgan fingerprint density at radius 1 is 1.21 bits per heavy atom. The number of imidazole rings is 1. The van der Waals surface area contributed by atoms with Gasteiger partial charge in [0.05, 0.1) is 24.1 Å². The lowest BCUT2D eigenvalue weighted by Gasteiger charge is -2.32. The van der Waals surface area contributed by atoms with E-state index in [4.69, 9.17) is 9.72 Å². The Morgan fingerprint density at radius 3 is 2.55 bits per heavy atom. The highest BCUT2D eigenvalue weighted by Gasteiger charge is 2.27. The molecule has 1 fully saturated rings. The van der Waals surface area contributed by atoms with E-state index in [0.717, 1.165) is 35.3 Å². The molecule has 0 N–H and O–H groups in total. The molecule has 1 atom stereocenters. The Labute approximate surface area is 220 Å². The average molecular weight is 672 g/mol. The Kier molecular flexibility index (Phi) is 7.29. The molecule has 0 spiro atoms. The molecular weight excluding hydrogens is 646 g/mol. The van der Waals surface area contributed by atoms with Crippen molar-refractivity contribution in [3.05, 3.63) is 54.4 Å². The number of benzene rings is 1. The molecule has 2 amide bonds. The van der Waals surface area contributed by atoms with Crippen LogP contribution in [0.4, 0.5) is 0 Å². The first-order valence-electron chi connectivity index (χ1n) is 10.7. The number of amides is 2. The molecule has 0 radical (unpaired) electrons. The first kappa shape index (κ1) is 24.4. The van der Waals surface area contributed by atoms with Crippen molar-refractivity contribution in [1.29, 1.82) is 0 Å². The molecule has 9 heteroatoms. The SMILES string of the molecule is CC(=O)N1CCO[C@@H](Cc2c(-c3c(I)cc(C(=O)N(C)C)cc3I)nc3cc(C)ccn23)C1. The van der Waals surface area contributed by atoms with E-state index in [-0.39, 0.29) is 17.9 Å². The summed E-state index contributed by atoms with van der Waals surface area (Å²) in [5, 5.41) is 0. The predicted molar refractivity (Wildman–Crippen MR) is 145 cm³/mol. The predicted octanol–water partition coefficient (Wildman–Crippen LogP) is 4.01. The lowest BCUT2D eigenvalue weighted by atomic mass is 10.0. The first-order valence-corrected chi connectivity index (χ1v) is 12.9. The smallest absolute Gasteiger partial charge is 0.253 e. The zero-order valence-corrected chi connectivity index (χ0v) is 23.4. The molecule has 174 valence electrons. The van der Waals surface area contributed by atoms with Gasteiger partial charge in [-0.1, -0.05) is 0 Å². The van der Waals surface area contributed by atoms with Crippen LogP contribution in [0.25, 0.3) is 16.9 Å². The van der Waals surface area contributed by atoms with Crippen molar-refractivity contribution >= 4 is 62.6 Å². The molecule has 0 bridgehead atoms. The minimum absolute atomic E-state index is 0.0249. The number of aryl methyl sites for hydroxylation is 1. The van der Waals surface area contributed by atoms with E-state index in [0.29, 0.717) is 31.7 Å². The molecule has 0 aliphatic carbocycles. The van der Waals surface area contributed by atoms with Crippen molar-refractivity contribution in [2.45, 2.75) is 26.4 Å². The van der Waals surface area contributed by atoms with E-state index in [1.54, 1.807) is 25.9 Å². The third-order valence-electron chi connectivity index (χ3n) is 5.82. The number of carbonyl (C=O) groups excluding carboxylic acids is 2. The van der Waals surface area contributed by atoms with E-state index in [9.17, 15) is 9.59 Å². The van der Waals surface area contributed by atoms with Crippen molar-refractivity contribution in [2.24, 2.45) is 0 Å². The fraction of sp³-hybridized carbons (Fsp3) is 0.375. The number of carbonyl (C=O) groups is 2. The maximum absolute atomic E-state index is 12.5. The van der Waals surface area contributed by atoms with Crippen LogP contribution in [-0.2, 0) is 16.0 Å². The molecule has 0 unspecified atom stereocenters. The summed E-state index contributed by atoms with van der Waals surface area (Å²) in [7, 11) is 3.51. The highest BCUT2D eigenvalue weighted by Crippen LogP contribution is 2.35. The van der Waals surface area contributed by atoms with Crippen LogP contribution in [0.2, 0.25) is 0 Å². The molecule has 3 aromatic rings. The van der Waals surface area contributed by atoms with Gasteiger partial charge in [-0.05, 0) is 81.9 Å². The summed E-state index contributed by atoms with van der Waals surface area (Å²) in [5.74, 6) is 0.0469. The number of hydrogen-bond acceptors (Lipinski definition) is 4. The van der Waals surface area contributed by atoms with Crippen LogP contribution >= 0.6 is 45.2 Å². The van der Waals surface area contributed by atoms with Crippen LogP contribution in [0.5, 0.6) is 0 Å². The Hall–Kier alpha value is -1.73. The standard InChI is InChI=1S/C24H26I2N4O3/c1-14-5-6-30-20(12-17-13-29(15(2)31)7-8-33-17)23(27-21(30)9-14)22-18(25)10-16(11-19(22)26)24(32)28(3)4/h5-6,9-11,17H,7-8,12-13H2,1-4H3/t17-/m0/s1. The van der Waals surface area contributed by atoms with Crippen molar-refractivity contribution in [1.82, 2.24) is 19.2 Å². The normalized spacial score (nSPS) is 16.3. The van der Waals surface area contributed by atoms with E-state index in [1.165, 1.54) is 0 Å². The minimum Gasteiger partial charge on any atom is -0.374 e. The summed E-state index contributed by atoms with van der Waals surface area (Å²) >= 11 is 4.59. The van der Waals surface area contributed by atoms with Gasteiger partial charge in [0.2, 0.25) is 5.91 Å². The van der Waals surface area contributed by atoms with Crippen LogP contribution in [0.15, 0.2) is 30.5 Å². The number of aromatic nitrogens is 2. The van der Waals surface area contributed by atoms with Crippen LogP contribution in [-0.4, -0.2) is 70.9 Å². The van der Waals surface area contributed by atoms with Crippen LogP contribution in [0.1, 0.15) is 28.5 Å². The van der Waals surface area contributed by atoms with Crippen molar-refractivity contribution < 1.29 is 14.3 Å². The van der Waals surface area contributed by atoms with Gasteiger partial charge in [0.1, 0.15) is 5.65 Å². The number of morpholine rings is 1. The van der Waals surface area contributed by atoms with Crippen LogP contribution in [0, 0.1) is 14.1 Å². The lowest BCUT2D eigenvalue weighted by Crippen LogP contribution is -2.45. The number of hydrogen-bond donors (Lipinski definition) is 0. The summed E-state index contributed by atoms with van der Waals surface area (Å²) < 4.78 is 10.1. The molecular formula is C24H26I2N4O3. The number of halogens is 2. The van der Waals surface area contributed by atoms with Gasteiger partial charge in [0, 0.05) is 65.0 Å². The van der Waals surface area contributed by atoms with Crippen molar-refractivity contribution in [2.75, 3.05) is 33.8 Å². The quantitative estimate of drug-likeness (QED) is 0.394. The molecule has 2 aromatic heterocycles. The molecule has 7 nitrogen and oxygen atoms in total. The summed E-state index contributed by atoms with van der Waals surface area (Å²) in [6.45, 7) is 5.39. The number of pyridine rings is 1. The van der Waals surface area contributed by atoms with Gasteiger partial charge >= 0.3 is 0 Å². The molecule has 4 rings (SSSR count). The minimum atomic E-state index is -0.104. The molecule has 1 aliphatic rings. The molecule has 3 heterocycles. The van der Waals surface area contributed by atoms with Gasteiger partial charge in [-0.25, -0.2) is 4.98 Å². The fourth-order valence-corrected chi connectivity index (χ4v) is 6.40. The van der Waals surface area contributed by atoms with Crippen molar-refractivity contribution in [3.8, 4) is 11.3 Å². The van der Waals surface area contributed by atoms with Crippen molar-refractivity contribution in [3.63, 3.8) is 0 Å². The Bertz CT molecular complexity index is 1210. The number of fused-ring (bicyclic) bond motifs is 1. The number of ether oxygens (including phenoxy) is 1. The third kappa shape index (κ3) is 5.04. The van der Waals surface area contributed by atoms with Gasteiger partial charge in [-0.3, -0.25) is 9.59 Å². The Morgan fingerprint density at radius 2 is 1.91 bits per heavy atom. The summed E-state index contributed by atoms with van der Waals surface area (Å²) in [6.07, 6.45) is 2.58. The second-order valence-corrected chi connectivity index (χ2v) is 10.8.